The number of hydrogen-bond acceptors (Lipinski definition) is 8. The molecular weight excluding hydrogens is 344 g/mol. The molecule has 0 heterocycles. The van der Waals surface area contributed by atoms with Gasteiger partial charge >= 0.3 is 11.9 Å². The molecule has 0 aromatic carbocycles. The maximum atomic E-state index is 12.1. The first-order chi connectivity index (χ1) is 12.6. The van der Waals surface area contributed by atoms with Crippen molar-refractivity contribution in [2.45, 2.75) is 26.7 Å². The first kappa shape index (κ1) is 24.8. The van der Waals surface area contributed by atoms with Gasteiger partial charge in [-0.15, -0.1) is 0 Å². The highest BCUT2D eigenvalue weighted by molar-refractivity contribution is 5.75. The van der Waals surface area contributed by atoms with E-state index in [0.29, 0.717) is 46.1 Å². The Morgan fingerprint density at radius 2 is 1.27 bits per heavy atom. The van der Waals surface area contributed by atoms with E-state index in [4.69, 9.17) is 28.4 Å². The number of carbonyl (C=O) groups excluding carboxylic acids is 2. The second kappa shape index (κ2) is 17.2. The van der Waals surface area contributed by atoms with Crippen molar-refractivity contribution in [2.75, 3.05) is 67.1 Å². The molecule has 0 bridgehead atoms. The quantitative estimate of drug-likeness (QED) is 0.278. The fourth-order valence-electron chi connectivity index (χ4n) is 2.18. The van der Waals surface area contributed by atoms with E-state index in [-0.39, 0.29) is 43.4 Å². The number of hydrogen-bond donors (Lipinski definition) is 0. The first-order valence-electron chi connectivity index (χ1n) is 9.02. The minimum Gasteiger partial charge on any atom is -0.463 e. The lowest BCUT2D eigenvalue weighted by molar-refractivity contribution is -0.153. The Bertz CT molecular complexity index is 361. The predicted molar refractivity (Wildman–Crippen MR) is 94.9 cm³/mol. The normalized spacial score (nSPS) is 13.2. The summed E-state index contributed by atoms with van der Waals surface area (Å²) in [4.78, 5) is 24.0. The van der Waals surface area contributed by atoms with E-state index < -0.39 is 0 Å². The minimum absolute atomic E-state index is 0.126. The third-order valence-electron chi connectivity index (χ3n) is 3.86. The van der Waals surface area contributed by atoms with Gasteiger partial charge in [0.15, 0.2) is 0 Å². The van der Waals surface area contributed by atoms with Gasteiger partial charge in [0, 0.05) is 20.6 Å². The molecule has 0 radical (unpaired) electrons. The largest absolute Gasteiger partial charge is 0.463 e. The Balaban J connectivity index is 3.96. The van der Waals surface area contributed by atoms with Crippen molar-refractivity contribution in [1.29, 1.82) is 0 Å². The molecule has 8 heteroatoms. The van der Waals surface area contributed by atoms with Crippen LogP contribution in [-0.4, -0.2) is 79.0 Å². The number of carbonyl (C=O) groups is 2. The standard InChI is InChI=1S/C18H34O8/c1-5-16(14-17(19)25-12-10-23-8-6-21-3)15(2)18(20)26-13-11-24-9-7-22-4/h15-16H,5-14H2,1-4H3. The SMILES string of the molecule is CCC(CC(=O)OCCOCCOC)C(C)C(=O)OCCOCCOC. The Labute approximate surface area is 156 Å². The molecule has 0 rings (SSSR count). The zero-order chi connectivity index (χ0) is 19.6. The van der Waals surface area contributed by atoms with Crippen LogP contribution in [0.5, 0.6) is 0 Å². The second-order valence-corrected chi connectivity index (χ2v) is 5.76. The van der Waals surface area contributed by atoms with Crippen molar-refractivity contribution < 1.29 is 38.0 Å². The third kappa shape index (κ3) is 13.0. The summed E-state index contributed by atoms with van der Waals surface area (Å²) in [6.07, 6.45) is 0.856. The van der Waals surface area contributed by atoms with Crippen LogP contribution in [0.25, 0.3) is 0 Å². The Morgan fingerprint density at radius 1 is 0.769 bits per heavy atom. The molecular formula is C18H34O8. The highest BCUT2D eigenvalue weighted by Crippen LogP contribution is 2.21. The molecule has 0 aliphatic carbocycles. The van der Waals surface area contributed by atoms with Crippen molar-refractivity contribution >= 4 is 11.9 Å². The Morgan fingerprint density at radius 3 is 1.77 bits per heavy atom. The number of esters is 2. The van der Waals surface area contributed by atoms with Gasteiger partial charge in [-0.05, 0) is 5.92 Å². The van der Waals surface area contributed by atoms with E-state index in [2.05, 4.69) is 0 Å². The fraction of sp³-hybridized carbons (Fsp3) is 0.889. The molecule has 0 fully saturated rings. The van der Waals surface area contributed by atoms with Gasteiger partial charge in [0.1, 0.15) is 13.2 Å². The molecule has 0 saturated carbocycles. The van der Waals surface area contributed by atoms with E-state index in [0.717, 1.165) is 0 Å². The molecule has 26 heavy (non-hydrogen) atoms. The average molecular weight is 378 g/mol. The summed E-state index contributed by atoms with van der Waals surface area (Å²) < 4.78 is 30.5. The lowest BCUT2D eigenvalue weighted by Gasteiger charge is -2.20. The molecule has 0 saturated heterocycles. The summed E-state index contributed by atoms with van der Waals surface area (Å²) in [5.74, 6) is -1.18. The summed E-state index contributed by atoms with van der Waals surface area (Å²) in [5.41, 5.74) is 0. The van der Waals surface area contributed by atoms with Gasteiger partial charge in [0.05, 0.1) is 45.6 Å². The smallest absolute Gasteiger partial charge is 0.309 e. The van der Waals surface area contributed by atoms with Gasteiger partial charge < -0.3 is 28.4 Å². The van der Waals surface area contributed by atoms with Gasteiger partial charge in [-0.3, -0.25) is 9.59 Å². The summed E-state index contributed by atoms with van der Waals surface area (Å²) in [7, 11) is 3.18. The lowest BCUT2D eigenvalue weighted by atomic mass is 9.89. The van der Waals surface area contributed by atoms with Crippen molar-refractivity contribution in [3.63, 3.8) is 0 Å². The summed E-state index contributed by atoms with van der Waals surface area (Å²) in [6, 6.07) is 0. The highest BCUT2D eigenvalue weighted by Gasteiger charge is 2.26. The van der Waals surface area contributed by atoms with Gasteiger partial charge in [-0.2, -0.15) is 0 Å². The molecule has 2 atom stereocenters. The number of methoxy groups -OCH3 is 2. The van der Waals surface area contributed by atoms with Crippen molar-refractivity contribution in [2.24, 2.45) is 11.8 Å². The van der Waals surface area contributed by atoms with Crippen molar-refractivity contribution in [1.82, 2.24) is 0 Å². The summed E-state index contributed by atoms with van der Waals surface area (Å²) in [6.45, 7) is 6.66. The molecule has 0 spiro atoms. The molecule has 0 amide bonds. The summed E-state index contributed by atoms with van der Waals surface area (Å²) in [5, 5.41) is 0. The van der Waals surface area contributed by atoms with E-state index >= 15 is 0 Å². The third-order valence-corrected chi connectivity index (χ3v) is 3.86. The molecule has 2 unspecified atom stereocenters. The Kier molecular flexibility index (Phi) is 16.4. The molecule has 0 N–H and O–H groups in total. The van der Waals surface area contributed by atoms with Gasteiger partial charge in [-0.25, -0.2) is 0 Å². The molecule has 0 aromatic heterocycles. The van der Waals surface area contributed by atoms with Crippen LogP contribution in [0.1, 0.15) is 26.7 Å². The number of ether oxygens (including phenoxy) is 6. The van der Waals surface area contributed by atoms with E-state index in [1.54, 1.807) is 21.1 Å². The molecule has 0 aliphatic rings. The number of rotatable bonds is 17. The van der Waals surface area contributed by atoms with Gasteiger partial charge in [-0.1, -0.05) is 20.3 Å². The van der Waals surface area contributed by atoms with Crippen LogP contribution < -0.4 is 0 Å². The van der Waals surface area contributed by atoms with Crippen LogP contribution in [0.4, 0.5) is 0 Å². The van der Waals surface area contributed by atoms with Crippen LogP contribution in [0.15, 0.2) is 0 Å². The predicted octanol–water partition coefficient (Wildman–Crippen LogP) is 1.45. The lowest BCUT2D eigenvalue weighted by Crippen LogP contribution is -2.27. The van der Waals surface area contributed by atoms with Gasteiger partial charge in [0.25, 0.3) is 0 Å². The maximum Gasteiger partial charge on any atom is 0.309 e. The Hall–Kier alpha value is -1.22. The minimum atomic E-state index is -0.385. The van der Waals surface area contributed by atoms with Gasteiger partial charge in [0.2, 0.25) is 0 Å². The van der Waals surface area contributed by atoms with Crippen LogP contribution >= 0.6 is 0 Å². The van der Waals surface area contributed by atoms with E-state index in [1.165, 1.54) is 0 Å². The van der Waals surface area contributed by atoms with Crippen LogP contribution in [0, 0.1) is 11.8 Å². The molecule has 0 aromatic rings. The van der Waals surface area contributed by atoms with Crippen LogP contribution in [0.2, 0.25) is 0 Å². The highest BCUT2D eigenvalue weighted by atomic mass is 16.6. The zero-order valence-electron chi connectivity index (χ0n) is 16.5. The van der Waals surface area contributed by atoms with Crippen LogP contribution in [0.3, 0.4) is 0 Å². The van der Waals surface area contributed by atoms with E-state index in [9.17, 15) is 9.59 Å². The monoisotopic (exact) mass is 378 g/mol. The summed E-state index contributed by atoms with van der Waals surface area (Å²) >= 11 is 0. The maximum absolute atomic E-state index is 12.1. The van der Waals surface area contributed by atoms with Crippen molar-refractivity contribution in [3.8, 4) is 0 Å². The van der Waals surface area contributed by atoms with Crippen molar-refractivity contribution in [3.05, 3.63) is 0 Å². The van der Waals surface area contributed by atoms with E-state index in [1.807, 2.05) is 6.92 Å². The average Bonchev–Trinajstić information content (AvgIpc) is 2.64. The second-order valence-electron chi connectivity index (χ2n) is 5.76. The zero-order valence-corrected chi connectivity index (χ0v) is 16.5. The van der Waals surface area contributed by atoms with Crippen LogP contribution in [-0.2, 0) is 38.0 Å². The molecule has 0 aliphatic heterocycles. The first-order valence-corrected chi connectivity index (χ1v) is 9.02. The molecule has 8 nitrogen and oxygen atoms in total. The topological polar surface area (TPSA) is 89.5 Å². The fourth-order valence-corrected chi connectivity index (χ4v) is 2.18. The molecule has 154 valence electrons.